The first kappa shape index (κ1) is 30.3. The molecule has 0 aromatic heterocycles. The number of fused-ring (bicyclic) bond motifs is 3. The van der Waals surface area contributed by atoms with Crippen LogP contribution in [0.15, 0.2) is 133 Å². The van der Waals surface area contributed by atoms with E-state index in [2.05, 4.69) is 160 Å². The molecule has 0 saturated carbocycles. The van der Waals surface area contributed by atoms with E-state index in [4.69, 9.17) is 0 Å². The minimum absolute atomic E-state index is 0. The van der Waals surface area contributed by atoms with Crippen molar-refractivity contribution in [2.45, 2.75) is 42.0 Å². The summed E-state index contributed by atoms with van der Waals surface area (Å²) in [7, 11) is 0. The molecular formula is C42H42. The second-order valence-corrected chi connectivity index (χ2v) is 10.9. The zero-order chi connectivity index (χ0) is 27.5. The molecule has 1 aliphatic carbocycles. The van der Waals surface area contributed by atoms with Crippen molar-refractivity contribution in [1.82, 2.24) is 0 Å². The van der Waals surface area contributed by atoms with E-state index in [0.29, 0.717) is 0 Å². The maximum Gasteiger partial charge on any atom is -0.00761 e. The molecule has 0 amide bonds. The Kier molecular flexibility index (Phi) is 9.60. The second-order valence-electron chi connectivity index (χ2n) is 10.9. The van der Waals surface area contributed by atoms with E-state index < -0.39 is 0 Å². The number of hydrogen-bond donors (Lipinski definition) is 0. The lowest BCUT2D eigenvalue weighted by Gasteiger charge is -2.13. The van der Waals surface area contributed by atoms with Gasteiger partial charge < -0.3 is 0 Å². The highest BCUT2D eigenvalue weighted by Gasteiger charge is 2.08. The number of aryl methyl sites for hydroxylation is 3. The summed E-state index contributed by atoms with van der Waals surface area (Å²) in [4.78, 5) is 0. The summed E-state index contributed by atoms with van der Waals surface area (Å²) < 4.78 is 0. The summed E-state index contributed by atoms with van der Waals surface area (Å²) in [6.07, 6.45) is 5.56. The van der Waals surface area contributed by atoms with Crippen LogP contribution in [0.1, 0.15) is 42.7 Å². The van der Waals surface area contributed by atoms with Gasteiger partial charge in [-0.2, -0.15) is 0 Å². The van der Waals surface area contributed by atoms with Gasteiger partial charge in [0.05, 0.1) is 0 Å². The van der Waals surface area contributed by atoms with Crippen molar-refractivity contribution in [2.75, 3.05) is 0 Å². The molecule has 0 radical (unpaired) electrons. The average Bonchev–Trinajstić information content (AvgIpc) is 2.97. The molecule has 0 fully saturated rings. The Morgan fingerprint density at radius 1 is 0.405 bits per heavy atom. The Bertz CT molecular complexity index is 2010. The quantitative estimate of drug-likeness (QED) is 0.166. The summed E-state index contributed by atoms with van der Waals surface area (Å²) in [5.74, 6) is 0. The Morgan fingerprint density at radius 2 is 0.905 bits per heavy atom. The number of hydrogen-bond acceptors (Lipinski definition) is 0. The number of rotatable bonds is 0. The van der Waals surface area contributed by atoms with E-state index in [1.165, 1.54) is 70.9 Å². The molecule has 8 rings (SSSR count). The molecule has 0 heteroatoms. The molecule has 0 N–H and O–H groups in total. The summed E-state index contributed by atoms with van der Waals surface area (Å²) >= 11 is 0. The molecule has 0 heterocycles. The van der Waals surface area contributed by atoms with Crippen molar-refractivity contribution in [2.24, 2.45) is 0 Å². The minimum Gasteiger partial charge on any atom is -0.0795 e. The van der Waals surface area contributed by atoms with E-state index >= 15 is 0 Å². The van der Waals surface area contributed by atoms with Crippen molar-refractivity contribution in [3.63, 3.8) is 0 Å². The zero-order valence-corrected chi connectivity index (χ0v) is 23.5. The van der Waals surface area contributed by atoms with Gasteiger partial charge in [0.2, 0.25) is 0 Å². The fraction of sp³-hybridized carbons (Fsp3) is 0.143. The Labute approximate surface area is 252 Å². The van der Waals surface area contributed by atoms with Crippen LogP contribution in [0.3, 0.4) is 0 Å². The Balaban J connectivity index is 0.000000143. The van der Waals surface area contributed by atoms with Gasteiger partial charge >= 0.3 is 0 Å². The van der Waals surface area contributed by atoms with Crippen LogP contribution in [0.4, 0.5) is 0 Å². The molecule has 0 unspecified atom stereocenters. The normalized spacial score (nSPS) is 11.1. The molecule has 0 aliphatic heterocycles. The number of allylic oxidation sites excluding steroid dienone is 1. The van der Waals surface area contributed by atoms with Gasteiger partial charge in [-0.15, -0.1) is 0 Å². The van der Waals surface area contributed by atoms with Crippen molar-refractivity contribution in [3.8, 4) is 0 Å². The average molecular weight is 547 g/mol. The van der Waals surface area contributed by atoms with Crippen LogP contribution in [0.5, 0.6) is 0 Å². The summed E-state index contributed by atoms with van der Waals surface area (Å²) in [6.45, 7) is 6.41. The van der Waals surface area contributed by atoms with E-state index in [9.17, 15) is 0 Å². The third-order valence-electron chi connectivity index (χ3n) is 7.64. The molecule has 0 spiro atoms. The molecule has 7 aromatic rings. The monoisotopic (exact) mass is 546 g/mol. The Hall–Kier alpha value is -4.68. The van der Waals surface area contributed by atoms with Crippen LogP contribution < -0.4 is 0 Å². The van der Waals surface area contributed by atoms with E-state index in [-0.39, 0.29) is 14.9 Å². The van der Waals surface area contributed by atoms with Gasteiger partial charge in [-0.3, -0.25) is 0 Å². The second kappa shape index (κ2) is 13.3. The molecule has 42 heavy (non-hydrogen) atoms. The van der Waals surface area contributed by atoms with Crippen molar-refractivity contribution in [3.05, 3.63) is 161 Å². The predicted molar refractivity (Wildman–Crippen MR) is 190 cm³/mol. The summed E-state index contributed by atoms with van der Waals surface area (Å²) in [5.41, 5.74) is 6.82. The fourth-order valence-corrected chi connectivity index (χ4v) is 5.68. The molecule has 0 saturated heterocycles. The standard InChI is InChI=1S/C15H12.C14H12.C11H10.2CH4/c1-11-6-7-14-9-12-4-2-3-5-13(12)10-15(14)8-11;1-10-8-12-6-2-4-11-5-3-7-13(9-10)14(11)12;1-9-6-7-10-4-2-3-5-11(10)8-9;;/h2-10H,1H3;2-4,6-9H,5H2,1H3;2-8H,1H3;2*1H4. The first-order chi connectivity index (χ1) is 19.5. The first-order valence-electron chi connectivity index (χ1n) is 14.1. The lowest BCUT2D eigenvalue weighted by atomic mass is 9.92. The van der Waals surface area contributed by atoms with Crippen LogP contribution in [-0.2, 0) is 6.42 Å². The van der Waals surface area contributed by atoms with Gasteiger partial charge in [-0.25, -0.2) is 0 Å². The maximum absolute atomic E-state index is 2.27. The molecule has 0 atom stereocenters. The van der Waals surface area contributed by atoms with Gasteiger partial charge in [-0.05, 0) is 99.1 Å². The molecule has 210 valence electrons. The van der Waals surface area contributed by atoms with E-state index in [0.717, 1.165) is 6.42 Å². The molecular weight excluding hydrogens is 504 g/mol. The first-order valence-corrected chi connectivity index (χ1v) is 14.1. The van der Waals surface area contributed by atoms with Crippen molar-refractivity contribution < 1.29 is 0 Å². The third-order valence-corrected chi connectivity index (χ3v) is 7.64. The molecule has 1 aliphatic rings. The molecule has 0 nitrogen and oxygen atoms in total. The van der Waals surface area contributed by atoms with Crippen LogP contribution in [0, 0.1) is 20.8 Å². The zero-order valence-electron chi connectivity index (χ0n) is 23.5. The number of benzene rings is 7. The summed E-state index contributed by atoms with van der Waals surface area (Å²) in [5, 5.41) is 10.7. The molecule has 0 bridgehead atoms. The highest BCUT2D eigenvalue weighted by molar-refractivity contribution is 5.98. The minimum atomic E-state index is 0. The maximum atomic E-state index is 2.27. The predicted octanol–water partition coefficient (Wildman–Crippen LogP) is 12.4. The molecule has 7 aromatic carbocycles. The van der Waals surface area contributed by atoms with Gasteiger partial charge in [0, 0.05) is 0 Å². The van der Waals surface area contributed by atoms with Gasteiger partial charge in [0.15, 0.2) is 0 Å². The SMILES string of the molecule is C.C.Cc1cc2c3c(cccc3c1)CC=C2.Cc1ccc2cc3ccccc3cc2c1.Cc1ccc2ccccc2c1. The van der Waals surface area contributed by atoms with Gasteiger partial charge in [0.25, 0.3) is 0 Å². The van der Waals surface area contributed by atoms with Crippen molar-refractivity contribution in [1.29, 1.82) is 0 Å². The van der Waals surface area contributed by atoms with E-state index in [1.54, 1.807) is 0 Å². The van der Waals surface area contributed by atoms with Crippen LogP contribution in [0.2, 0.25) is 0 Å². The summed E-state index contributed by atoms with van der Waals surface area (Å²) in [6, 6.07) is 45.6. The largest absolute Gasteiger partial charge is 0.0795 e. The smallest absolute Gasteiger partial charge is 0.00761 e. The van der Waals surface area contributed by atoms with E-state index in [1.807, 2.05) is 0 Å². The van der Waals surface area contributed by atoms with Crippen molar-refractivity contribution >= 4 is 49.2 Å². The lowest BCUT2D eigenvalue weighted by Crippen LogP contribution is -1.93. The van der Waals surface area contributed by atoms with Crippen LogP contribution in [0.25, 0.3) is 49.2 Å². The van der Waals surface area contributed by atoms with Crippen LogP contribution in [-0.4, -0.2) is 0 Å². The third kappa shape index (κ3) is 6.61. The van der Waals surface area contributed by atoms with Gasteiger partial charge in [-0.1, -0.05) is 153 Å². The highest BCUT2D eigenvalue weighted by atomic mass is 14.1. The Morgan fingerprint density at radius 3 is 1.60 bits per heavy atom. The fourth-order valence-electron chi connectivity index (χ4n) is 5.68. The highest BCUT2D eigenvalue weighted by Crippen LogP contribution is 2.29. The lowest BCUT2D eigenvalue weighted by molar-refractivity contribution is 1.29. The van der Waals surface area contributed by atoms with Crippen LogP contribution >= 0.6 is 0 Å². The van der Waals surface area contributed by atoms with Gasteiger partial charge in [0.1, 0.15) is 0 Å². The topological polar surface area (TPSA) is 0 Å².